The van der Waals surface area contributed by atoms with Crippen LogP contribution in [0.5, 0.6) is 0 Å². The summed E-state index contributed by atoms with van der Waals surface area (Å²) in [7, 11) is 1.78. The largest absolute Gasteiger partial charge is 0.270 e. The van der Waals surface area contributed by atoms with Gasteiger partial charge in [-0.15, -0.1) is 5.10 Å². The first-order valence-electron chi connectivity index (χ1n) is 9.62. The number of benzene rings is 1. The lowest BCUT2D eigenvalue weighted by Crippen LogP contribution is -2.09. The van der Waals surface area contributed by atoms with E-state index in [0.29, 0.717) is 29.0 Å². The van der Waals surface area contributed by atoms with Gasteiger partial charge in [0.05, 0.1) is 0 Å². The SMILES string of the molecule is CCCCCCc1nc(-c2cccc(C(C)(F)F)c2)n(-c2nc(C)nn2C)n1. The molecule has 0 fully saturated rings. The van der Waals surface area contributed by atoms with Crippen molar-refractivity contribution in [1.82, 2.24) is 29.5 Å². The fraction of sp³-hybridized carbons (Fsp3) is 0.500. The van der Waals surface area contributed by atoms with Crippen LogP contribution in [0.1, 0.15) is 56.7 Å². The van der Waals surface area contributed by atoms with Crippen molar-refractivity contribution in [2.75, 3.05) is 0 Å². The van der Waals surface area contributed by atoms with Gasteiger partial charge >= 0.3 is 0 Å². The topological polar surface area (TPSA) is 61.4 Å². The van der Waals surface area contributed by atoms with Gasteiger partial charge in [-0.2, -0.15) is 14.8 Å². The second-order valence-electron chi connectivity index (χ2n) is 7.13. The van der Waals surface area contributed by atoms with Crippen molar-refractivity contribution in [2.45, 2.75) is 58.8 Å². The first-order chi connectivity index (χ1) is 13.3. The van der Waals surface area contributed by atoms with Crippen LogP contribution in [-0.2, 0) is 19.4 Å². The maximum Gasteiger partial charge on any atom is 0.270 e. The Balaban J connectivity index is 2.03. The second kappa shape index (κ2) is 8.16. The molecule has 0 aliphatic rings. The summed E-state index contributed by atoms with van der Waals surface area (Å²) in [6.45, 7) is 4.85. The van der Waals surface area contributed by atoms with Crippen molar-refractivity contribution < 1.29 is 8.78 Å². The number of hydrogen-bond acceptors (Lipinski definition) is 4. The lowest BCUT2D eigenvalue weighted by molar-refractivity contribution is 0.0175. The summed E-state index contributed by atoms with van der Waals surface area (Å²) in [5, 5.41) is 8.89. The molecular formula is C20H26F2N6. The third-order valence-corrected chi connectivity index (χ3v) is 4.57. The molecule has 0 aliphatic heterocycles. The van der Waals surface area contributed by atoms with Crippen LogP contribution in [0.2, 0.25) is 0 Å². The summed E-state index contributed by atoms with van der Waals surface area (Å²) in [5.41, 5.74) is 0.519. The molecule has 1 aromatic carbocycles. The maximum absolute atomic E-state index is 13.8. The van der Waals surface area contributed by atoms with Gasteiger partial charge in [0.2, 0.25) is 0 Å². The van der Waals surface area contributed by atoms with Crippen LogP contribution in [0.25, 0.3) is 17.3 Å². The lowest BCUT2D eigenvalue weighted by Gasteiger charge is -2.12. The van der Waals surface area contributed by atoms with E-state index in [1.165, 1.54) is 18.6 Å². The molecule has 0 aliphatic carbocycles. The van der Waals surface area contributed by atoms with Crippen molar-refractivity contribution in [3.8, 4) is 17.3 Å². The Kier molecular flexibility index (Phi) is 5.86. The summed E-state index contributed by atoms with van der Waals surface area (Å²) in [4.78, 5) is 9.08. The molecule has 0 amide bonds. The highest BCUT2D eigenvalue weighted by atomic mass is 19.3. The zero-order chi connectivity index (χ0) is 20.3. The van der Waals surface area contributed by atoms with Crippen LogP contribution < -0.4 is 0 Å². The summed E-state index contributed by atoms with van der Waals surface area (Å²) in [6.07, 6.45) is 5.16. The van der Waals surface area contributed by atoms with E-state index in [9.17, 15) is 8.78 Å². The van der Waals surface area contributed by atoms with Crippen LogP contribution >= 0.6 is 0 Å². The standard InChI is InChI=1S/C20H26F2N6/c1-5-6-7-8-12-17-24-18(15-10-9-11-16(13-15)20(3,21)22)28(26-17)19-23-14(2)25-27(19)4/h9-11,13H,5-8,12H2,1-4H3. The van der Waals surface area contributed by atoms with Crippen molar-refractivity contribution in [1.29, 1.82) is 0 Å². The number of aryl methyl sites for hydroxylation is 3. The van der Waals surface area contributed by atoms with E-state index >= 15 is 0 Å². The van der Waals surface area contributed by atoms with Gasteiger partial charge in [0.1, 0.15) is 5.82 Å². The van der Waals surface area contributed by atoms with Gasteiger partial charge < -0.3 is 0 Å². The Bertz CT molecular complexity index is 939. The Morgan fingerprint density at radius 2 is 1.86 bits per heavy atom. The predicted octanol–water partition coefficient (Wildman–Crippen LogP) is 4.61. The molecule has 0 atom stereocenters. The molecule has 0 saturated carbocycles. The smallest absolute Gasteiger partial charge is 0.233 e. The van der Waals surface area contributed by atoms with Crippen LogP contribution in [-0.4, -0.2) is 29.5 Å². The van der Waals surface area contributed by atoms with Crippen molar-refractivity contribution in [2.24, 2.45) is 7.05 Å². The molecule has 3 rings (SSSR count). The highest BCUT2D eigenvalue weighted by Gasteiger charge is 2.26. The quantitative estimate of drug-likeness (QED) is 0.529. The molecule has 150 valence electrons. The maximum atomic E-state index is 13.8. The van der Waals surface area contributed by atoms with Crippen molar-refractivity contribution in [3.63, 3.8) is 0 Å². The minimum atomic E-state index is -2.93. The highest BCUT2D eigenvalue weighted by molar-refractivity contribution is 5.58. The number of nitrogens with zero attached hydrogens (tertiary/aromatic N) is 6. The third-order valence-electron chi connectivity index (χ3n) is 4.57. The first kappa shape index (κ1) is 20.1. The minimum absolute atomic E-state index is 0.0572. The lowest BCUT2D eigenvalue weighted by atomic mass is 10.1. The van der Waals surface area contributed by atoms with E-state index in [1.807, 2.05) is 0 Å². The molecule has 8 heteroatoms. The first-order valence-corrected chi connectivity index (χ1v) is 9.62. The molecule has 28 heavy (non-hydrogen) atoms. The van der Waals surface area contributed by atoms with Gasteiger partial charge in [-0.25, -0.2) is 18.4 Å². The van der Waals surface area contributed by atoms with E-state index < -0.39 is 5.92 Å². The van der Waals surface area contributed by atoms with E-state index in [2.05, 4.69) is 27.1 Å². The van der Waals surface area contributed by atoms with Gasteiger partial charge in [0.25, 0.3) is 11.9 Å². The molecule has 0 saturated heterocycles. The van der Waals surface area contributed by atoms with Gasteiger partial charge in [-0.3, -0.25) is 0 Å². The Hall–Kier alpha value is -2.64. The number of halogens is 2. The average Bonchev–Trinajstić information content (AvgIpc) is 3.20. The third kappa shape index (κ3) is 4.43. The number of rotatable bonds is 8. The van der Waals surface area contributed by atoms with Gasteiger partial charge in [-0.05, 0) is 19.4 Å². The van der Waals surface area contributed by atoms with Gasteiger partial charge in [-0.1, -0.05) is 44.4 Å². The van der Waals surface area contributed by atoms with Gasteiger partial charge in [0.15, 0.2) is 11.6 Å². The summed E-state index contributed by atoms with van der Waals surface area (Å²) < 4.78 is 30.8. The van der Waals surface area contributed by atoms with Crippen LogP contribution in [0.4, 0.5) is 8.78 Å². The molecule has 0 unspecified atom stereocenters. The van der Waals surface area contributed by atoms with E-state index in [4.69, 9.17) is 0 Å². The molecule has 6 nitrogen and oxygen atoms in total. The molecular weight excluding hydrogens is 362 g/mol. The van der Waals surface area contributed by atoms with Crippen molar-refractivity contribution in [3.05, 3.63) is 41.5 Å². The molecule has 0 spiro atoms. The number of aromatic nitrogens is 6. The number of alkyl halides is 2. The van der Waals surface area contributed by atoms with Gasteiger partial charge in [0, 0.05) is 31.5 Å². The van der Waals surface area contributed by atoms with E-state index in [1.54, 1.807) is 35.5 Å². The number of hydrogen-bond donors (Lipinski definition) is 0. The predicted molar refractivity (Wildman–Crippen MR) is 104 cm³/mol. The zero-order valence-corrected chi connectivity index (χ0v) is 16.8. The Morgan fingerprint density at radius 3 is 2.50 bits per heavy atom. The molecule has 2 aromatic heterocycles. The van der Waals surface area contributed by atoms with Crippen molar-refractivity contribution >= 4 is 0 Å². The molecule has 0 N–H and O–H groups in total. The summed E-state index contributed by atoms with van der Waals surface area (Å²) in [6, 6.07) is 6.26. The van der Waals surface area contributed by atoms with Crippen LogP contribution in [0.15, 0.2) is 24.3 Å². The molecule has 2 heterocycles. The monoisotopic (exact) mass is 388 g/mol. The number of unbranched alkanes of at least 4 members (excludes halogenated alkanes) is 3. The Morgan fingerprint density at radius 1 is 1.07 bits per heavy atom. The van der Waals surface area contributed by atoms with E-state index in [-0.39, 0.29) is 5.56 Å². The molecule has 3 aromatic rings. The fourth-order valence-corrected chi connectivity index (χ4v) is 3.11. The zero-order valence-electron chi connectivity index (χ0n) is 16.8. The summed E-state index contributed by atoms with van der Waals surface area (Å²) in [5.74, 6) is -0.635. The minimum Gasteiger partial charge on any atom is -0.233 e. The fourth-order valence-electron chi connectivity index (χ4n) is 3.11. The van der Waals surface area contributed by atoms with E-state index in [0.717, 1.165) is 32.6 Å². The average molecular weight is 388 g/mol. The second-order valence-corrected chi connectivity index (χ2v) is 7.13. The molecule has 0 radical (unpaired) electrons. The summed E-state index contributed by atoms with van der Waals surface area (Å²) >= 11 is 0. The highest BCUT2D eigenvalue weighted by Crippen LogP contribution is 2.30. The molecule has 0 bridgehead atoms. The van der Waals surface area contributed by atoms with Crippen LogP contribution in [0, 0.1) is 6.92 Å². The normalized spacial score (nSPS) is 11.9. The Labute approximate surface area is 163 Å². The van der Waals surface area contributed by atoms with Crippen LogP contribution in [0.3, 0.4) is 0 Å².